The second-order valence-corrected chi connectivity index (χ2v) is 4.32. The summed E-state index contributed by atoms with van der Waals surface area (Å²) in [5.74, 6) is -1.33. The maximum atomic E-state index is 11.8. The molecule has 0 aliphatic heterocycles. The SMILES string of the molecule is CC(C)(C)N(CC(=O)O)C(=O)OCC(F)(F)F. The Kier molecular flexibility index (Phi) is 4.79. The van der Waals surface area contributed by atoms with Gasteiger partial charge in [-0.25, -0.2) is 4.79 Å². The van der Waals surface area contributed by atoms with E-state index in [1.54, 1.807) is 0 Å². The molecule has 5 nitrogen and oxygen atoms in total. The molecule has 0 radical (unpaired) electrons. The molecule has 0 aromatic heterocycles. The minimum absolute atomic E-state index is 0.709. The van der Waals surface area contributed by atoms with E-state index in [2.05, 4.69) is 4.74 Å². The van der Waals surface area contributed by atoms with E-state index >= 15 is 0 Å². The molecule has 17 heavy (non-hydrogen) atoms. The van der Waals surface area contributed by atoms with Crippen LogP contribution in [0.2, 0.25) is 0 Å². The number of hydrogen-bond donors (Lipinski definition) is 1. The highest BCUT2D eigenvalue weighted by Gasteiger charge is 2.34. The Morgan fingerprint density at radius 2 is 1.71 bits per heavy atom. The molecule has 0 rings (SSSR count). The quantitative estimate of drug-likeness (QED) is 0.838. The molecule has 0 spiro atoms. The summed E-state index contributed by atoms with van der Waals surface area (Å²) in [6, 6.07) is 0. The third kappa shape index (κ3) is 6.64. The van der Waals surface area contributed by atoms with Gasteiger partial charge in [0.2, 0.25) is 0 Å². The molecular weight excluding hydrogens is 243 g/mol. The molecule has 0 aromatic carbocycles. The van der Waals surface area contributed by atoms with Crippen LogP contribution < -0.4 is 0 Å². The van der Waals surface area contributed by atoms with Crippen molar-refractivity contribution in [3.63, 3.8) is 0 Å². The first-order valence-corrected chi connectivity index (χ1v) is 4.66. The van der Waals surface area contributed by atoms with E-state index in [0.717, 1.165) is 0 Å². The van der Waals surface area contributed by atoms with Gasteiger partial charge < -0.3 is 9.84 Å². The number of nitrogens with zero attached hydrogens (tertiary/aromatic N) is 1. The lowest BCUT2D eigenvalue weighted by Gasteiger charge is -2.33. The third-order valence-corrected chi connectivity index (χ3v) is 1.68. The average Bonchev–Trinajstić information content (AvgIpc) is 2.07. The Morgan fingerprint density at radius 1 is 1.24 bits per heavy atom. The van der Waals surface area contributed by atoms with Crippen LogP contribution in [0.3, 0.4) is 0 Å². The maximum Gasteiger partial charge on any atom is 0.422 e. The second kappa shape index (κ2) is 5.24. The molecular formula is C9H14F3NO4. The first kappa shape index (κ1) is 15.5. The summed E-state index contributed by atoms with van der Waals surface area (Å²) in [6.07, 6.45) is -5.94. The summed E-state index contributed by atoms with van der Waals surface area (Å²) < 4.78 is 39.5. The van der Waals surface area contributed by atoms with E-state index in [4.69, 9.17) is 5.11 Å². The molecule has 8 heteroatoms. The molecule has 0 aliphatic carbocycles. The van der Waals surface area contributed by atoms with Gasteiger partial charge in [-0.15, -0.1) is 0 Å². The van der Waals surface area contributed by atoms with Crippen molar-refractivity contribution in [2.45, 2.75) is 32.5 Å². The molecule has 0 unspecified atom stereocenters. The number of rotatable bonds is 3. The number of carbonyl (C=O) groups is 2. The van der Waals surface area contributed by atoms with Crippen molar-refractivity contribution in [2.24, 2.45) is 0 Å². The van der Waals surface area contributed by atoms with Crippen molar-refractivity contribution in [1.82, 2.24) is 4.90 Å². The molecule has 1 N–H and O–H groups in total. The van der Waals surface area contributed by atoms with E-state index < -0.39 is 36.9 Å². The standard InChI is InChI=1S/C9H14F3NO4/c1-8(2,3)13(4-6(14)15)7(16)17-5-9(10,11)12/h4-5H2,1-3H3,(H,14,15). The van der Waals surface area contributed by atoms with Gasteiger partial charge in [0.05, 0.1) is 0 Å². The van der Waals surface area contributed by atoms with E-state index in [1.165, 1.54) is 20.8 Å². The number of carbonyl (C=O) groups excluding carboxylic acids is 1. The van der Waals surface area contributed by atoms with Crippen LogP contribution in [0.1, 0.15) is 20.8 Å². The summed E-state index contributed by atoms with van der Waals surface area (Å²) in [4.78, 5) is 22.5. The van der Waals surface area contributed by atoms with Gasteiger partial charge in [-0.05, 0) is 20.8 Å². The van der Waals surface area contributed by atoms with Crippen LogP contribution in [0.4, 0.5) is 18.0 Å². The van der Waals surface area contributed by atoms with Gasteiger partial charge in [-0.2, -0.15) is 13.2 Å². The molecule has 1 amide bonds. The number of amides is 1. The fourth-order valence-corrected chi connectivity index (χ4v) is 0.932. The number of aliphatic carboxylic acids is 1. The van der Waals surface area contributed by atoms with Crippen molar-refractivity contribution in [3.8, 4) is 0 Å². The van der Waals surface area contributed by atoms with Crippen LogP contribution >= 0.6 is 0 Å². The Balaban J connectivity index is 4.61. The highest BCUT2D eigenvalue weighted by atomic mass is 19.4. The molecule has 0 saturated heterocycles. The molecule has 0 atom stereocenters. The predicted molar refractivity (Wildman–Crippen MR) is 51.5 cm³/mol. The van der Waals surface area contributed by atoms with E-state index in [9.17, 15) is 22.8 Å². The third-order valence-electron chi connectivity index (χ3n) is 1.68. The minimum atomic E-state index is -4.64. The Labute approximate surface area is 96.1 Å². The molecule has 0 aliphatic rings. The molecule has 0 saturated carbocycles. The largest absolute Gasteiger partial charge is 0.480 e. The summed E-state index contributed by atoms with van der Waals surface area (Å²) in [7, 11) is 0. The lowest BCUT2D eigenvalue weighted by Crippen LogP contribution is -2.49. The van der Waals surface area contributed by atoms with Crippen LogP contribution in [-0.2, 0) is 9.53 Å². The van der Waals surface area contributed by atoms with Gasteiger partial charge in [-0.3, -0.25) is 9.69 Å². The number of ether oxygens (including phenoxy) is 1. The van der Waals surface area contributed by atoms with Crippen molar-refractivity contribution in [1.29, 1.82) is 0 Å². The summed E-state index contributed by atoms with van der Waals surface area (Å²) in [5, 5.41) is 8.55. The lowest BCUT2D eigenvalue weighted by atomic mass is 10.1. The Bertz CT molecular complexity index is 296. The second-order valence-electron chi connectivity index (χ2n) is 4.32. The van der Waals surface area contributed by atoms with Crippen molar-refractivity contribution in [2.75, 3.05) is 13.2 Å². The molecule has 0 bridgehead atoms. The monoisotopic (exact) mass is 257 g/mol. The first-order valence-electron chi connectivity index (χ1n) is 4.66. The van der Waals surface area contributed by atoms with E-state index in [0.29, 0.717) is 4.90 Å². The number of alkyl halides is 3. The topological polar surface area (TPSA) is 66.8 Å². The number of carboxylic acid groups (broad SMARTS) is 1. The normalized spacial score (nSPS) is 12.1. The van der Waals surface area contributed by atoms with Crippen LogP contribution in [0.5, 0.6) is 0 Å². The van der Waals surface area contributed by atoms with E-state index in [-0.39, 0.29) is 0 Å². The van der Waals surface area contributed by atoms with Gasteiger partial charge >= 0.3 is 18.2 Å². The number of halogens is 3. The molecule has 100 valence electrons. The smallest absolute Gasteiger partial charge is 0.422 e. The Hall–Kier alpha value is -1.47. The molecule has 0 aromatic rings. The van der Waals surface area contributed by atoms with Crippen LogP contribution in [0.25, 0.3) is 0 Å². The number of hydrogen-bond acceptors (Lipinski definition) is 3. The van der Waals surface area contributed by atoms with Crippen molar-refractivity contribution < 1.29 is 32.6 Å². The van der Waals surface area contributed by atoms with Gasteiger partial charge in [0.1, 0.15) is 6.54 Å². The zero-order chi connectivity index (χ0) is 13.9. The van der Waals surface area contributed by atoms with E-state index in [1.807, 2.05) is 0 Å². The summed E-state index contributed by atoms with van der Waals surface area (Å²) in [5.41, 5.74) is -0.943. The van der Waals surface area contributed by atoms with Crippen molar-refractivity contribution in [3.05, 3.63) is 0 Å². The van der Waals surface area contributed by atoms with Gasteiger partial charge in [0.25, 0.3) is 0 Å². The predicted octanol–water partition coefficient (Wildman–Crippen LogP) is 1.87. The van der Waals surface area contributed by atoms with Gasteiger partial charge in [-0.1, -0.05) is 0 Å². The van der Waals surface area contributed by atoms with Gasteiger partial charge in [0.15, 0.2) is 6.61 Å². The summed E-state index contributed by atoms with van der Waals surface area (Å²) >= 11 is 0. The number of carboxylic acids is 1. The molecule has 0 fully saturated rings. The zero-order valence-electron chi connectivity index (χ0n) is 9.67. The average molecular weight is 257 g/mol. The summed E-state index contributed by atoms with van der Waals surface area (Å²) in [6.45, 7) is 2.01. The maximum absolute atomic E-state index is 11.8. The lowest BCUT2D eigenvalue weighted by molar-refractivity contribution is -0.164. The van der Waals surface area contributed by atoms with Gasteiger partial charge in [0, 0.05) is 5.54 Å². The highest BCUT2D eigenvalue weighted by molar-refractivity contribution is 5.77. The minimum Gasteiger partial charge on any atom is -0.480 e. The van der Waals surface area contributed by atoms with Crippen LogP contribution in [-0.4, -0.2) is 46.9 Å². The van der Waals surface area contributed by atoms with Crippen LogP contribution in [0.15, 0.2) is 0 Å². The Morgan fingerprint density at radius 3 is 2.00 bits per heavy atom. The fourth-order valence-electron chi connectivity index (χ4n) is 0.932. The highest BCUT2D eigenvalue weighted by Crippen LogP contribution is 2.18. The zero-order valence-corrected chi connectivity index (χ0v) is 9.67. The molecule has 0 heterocycles. The van der Waals surface area contributed by atoms with Crippen LogP contribution in [0, 0.1) is 0 Å². The first-order chi connectivity index (χ1) is 7.43. The fraction of sp³-hybridized carbons (Fsp3) is 0.778. The van der Waals surface area contributed by atoms with Crippen molar-refractivity contribution >= 4 is 12.1 Å².